The van der Waals surface area contributed by atoms with Crippen LogP contribution in [0.3, 0.4) is 0 Å². The van der Waals surface area contributed by atoms with Crippen LogP contribution >= 0.6 is 0 Å². The fourth-order valence-electron chi connectivity index (χ4n) is 2.04. The van der Waals surface area contributed by atoms with Crippen molar-refractivity contribution in [1.82, 2.24) is 4.98 Å². The molecule has 5 heteroatoms. The molecule has 0 saturated heterocycles. The van der Waals surface area contributed by atoms with Crippen molar-refractivity contribution in [3.8, 4) is 11.5 Å². The first-order valence-corrected chi connectivity index (χ1v) is 6.85. The van der Waals surface area contributed by atoms with Crippen LogP contribution in [0.2, 0.25) is 0 Å². The van der Waals surface area contributed by atoms with Gasteiger partial charge in [0.2, 0.25) is 0 Å². The van der Waals surface area contributed by atoms with Crippen molar-refractivity contribution < 1.29 is 19.1 Å². The van der Waals surface area contributed by atoms with E-state index >= 15 is 0 Å². The first kappa shape index (κ1) is 15.7. The zero-order valence-electron chi connectivity index (χ0n) is 12.5. The van der Waals surface area contributed by atoms with Gasteiger partial charge in [-0.3, -0.25) is 14.6 Å². The van der Waals surface area contributed by atoms with Crippen molar-refractivity contribution in [3.63, 3.8) is 0 Å². The van der Waals surface area contributed by atoms with E-state index < -0.39 is 0 Å². The summed E-state index contributed by atoms with van der Waals surface area (Å²) in [6, 6.07) is 10.1. The number of carbonyl (C=O) groups is 2. The second-order valence-corrected chi connectivity index (χ2v) is 4.63. The zero-order valence-corrected chi connectivity index (χ0v) is 12.5. The number of ether oxygens (including phenoxy) is 2. The number of ketones is 2. The van der Waals surface area contributed by atoms with Gasteiger partial charge < -0.3 is 9.47 Å². The highest BCUT2D eigenvalue weighted by atomic mass is 16.5. The topological polar surface area (TPSA) is 65.5 Å². The van der Waals surface area contributed by atoms with Gasteiger partial charge in [-0.1, -0.05) is 6.07 Å². The molecule has 0 amide bonds. The summed E-state index contributed by atoms with van der Waals surface area (Å²) in [5.41, 5.74) is 0.870. The SMILES string of the molecule is COc1ccc(C(=O)CCC(=O)c2ccccn2)cc1OC. The number of carbonyl (C=O) groups excluding carboxylic acids is 2. The normalized spacial score (nSPS) is 10.1. The molecule has 0 atom stereocenters. The maximum Gasteiger partial charge on any atom is 0.181 e. The van der Waals surface area contributed by atoms with Crippen LogP contribution in [0.4, 0.5) is 0 Å². The van der Waals surface area contributed by atoms with Crippen molar-refractivity contribution in [3.05, 3.63) is 53.9 Å². The molecule has 0 aliphatic rings. The summed E-state index contributed by atoms with van der Waals surface area (Å²) >= 11 is 0. The van der Waals surface area contributed by atoms with Gasteiger partial charge in [-0.2, -0.15) is 0 Å². The maximum absolute atomic E-state index is 12.2. The lowest BCUT2D eigenvalue weighted by molar-refractivity contribution is 0.0915. The van der Waals surface area contributed by atoms with Crippen molar-refractivity contribution in [1.29, 1.82) is 0 Å². The van der Waals surface area contributed by atoms with Crippen molar-refractivity contribution >= 4 is 11.6 Å². The van der Waals surface area contributed by atoms with Gasteiger partial charge >= 0.3 is 0 Å². The highest BCUT2D eigenvalue weighted by Crippen LogP contribution is 2.28. The van der Waals surface area contributed by atoms with E-state index in [0.717, 1.165) is 0 Å². The van der Waals surface area contributed by atoms with E-state index in [-0.39, 0.29) is 24.4 Å². The predicted molar refractivity (Wildman–Crippen MR) is 81.7 cm³/mol. The number of benzene rings is 1. The van der Waals surface area contributed by atoms with Gasteiger partial charge in [0.05, 0.1) is 14.2 Å². The average Bonchev–Trinajstić information content (AvgIpc) is 2.59. The van der Waals surface area contributed by atoms with Gasteiger partial charge in [-0.15, -0.1) is 0 Å². The molecule has 0 radical (unpaired) electrons. The molecule has 1 aromatic heterocycles. The Balaban J connectivity index is 2.02. The second kappa shape index (κ2) is 7.36. The molecule has 2 rings (SSSR count). The first-order chi connectivity index (χ1) is 10.7. The summed E-state index contributed by atoms with van der Waals surface area (Å²) in [6.07, 6.45) is 1.82. The number of nitrogens with zero attached hydrogens (tertiary/aromatic N) is 1. The molecule has 1 heterocycles. The summed E-state index contributed by atoms with van der Waals surface area (Å²) in [7, 11) is 3.04. The third-order valence-corrected chi connectivity index (χ3v) is 3.24. The predicted octanol–water partition coefficient (Wildman–Crippen LogP) is 2.94. The van der Waals surface area contributed by atoms with Crippen molar-refractivity contribution in [2.24, 2.45) is 0 Å². The Kier molecular flexibility index (Phi) is 5.25. The fraction of sp³-hybridized carbons (Fsp3) is 0.235. The smallest absolute Gasteiger partial charge is 0.181 e. The standard InChI is InChI=1S/C17H17NO4/c1-21-16-9-6-12(11-17(16)22-2)14(19)7-8-15(20)13-5-3-4-10-18-13/h3-6,9-11H,7-8H2,1-2H3. The molecule has 0 fully saturated rings. The van der Waals surface area contributed by atoms with E-state index in [9.17, 15) is 9.59 Å². The quantitative estimate of drug-likeness (QED) is 0.735. The van der Waals surface area contributed by atoms with E-state index in [2.05, 4.69) is 4.98 Å². The Hall–Kier alpha value is -2.69. The van der Waals surface area contributed by atoms with Crippen LogP contribution in [0, 0.1) is 0 Å². The summed E-state index contributed by atoms with van der Waals surface area (Å²) in [4.78, 5) is 28.1. The van der Waals surface area contributed by atoms with Gasteiger partial charge in [0, 0.05) is 24.6 Å². The number of methoxy groups -OCH3 is 2. The third kappa shape index (κ3) is 3.69. The Morgan fingerprint density at radius 3 is 2.32 bits per heavy atom. The van der Waals surface area contributed by atoms with E-state index in [1.165, 1.54) is 14.2 Å². The molecule has 114 valence electrons. The number of Topliss-reactive ketones (excluding diaryl/α,β-unsaturated/α-hetero) is 2. The summed E-state index contributed by atoms with van der Waals surface area (Å²) < 4.78 is 10.3. The number of hydrogen-bond donors (Lipinski definition) is 0. The molecular formula is C17H17NO4. The largest absolute Gasteiger partial charge is 0.493 e. The molecule has 0 bridgehead atoms. The first-order valence-electron chi connectivity index (χ1n) is 6.85. The maximum atomic E-state index is 12.2. The van der Waals surface area contributed by atoms with Crippen molar-refractivity contribution in [2.75, 3.05) is 14.2 Å². The van der Waals surface area contributed by atoms with Gasteiger partial charge in [-0.25, -0.2) is 0 Å². The van der Waals surface area contributed by atoms with Gasteiger partial charge in [-0.05, 0) is 30.3 Å². The minimum Gasteiger partial charge on any atom is -0.493 e. The number of rotatable bonds is 7. The third-order valence-electron chi connectivity index (χ3n) is 3.24. The van der Waals surface area contributed by atoms with E-state index in [4.69, 9.17) is 9.47 Å². The fourth-order valence-corrected chi connectivity index (χ4v) is 2.04. The highest BCUT2D eigenvalue weighted by molar-refractivity contribution is 6.01. The van der Waals surface area contributed by atoms with Crippen LogP contribution < -0.4 is 9.47 Å². The zero-order chi connectivity index (χ0) is 15.9. The van der Waals surface area contributed by atoms with E-state index in [1.54, 1.807) is 42.6 Å². The lowest BCUT2D eigenvalue weighted by Crippen LogP contribution is -2.07. The number of pyridine rings is 1. The Labute approximate surface area is 128 Å². The Bertz CT molecular complexity index is 668. The molecule has 0 aliphatic heterocycles. The summed E-state index contributed by atoms with van der Waals surface area (Å²) in [5.74, 6) is 0.785. The molecule has 0 saturated carbocycles. The summed E-state index contributed by atoms with van der Waals surface area (Å²) in [6.45, 7) is 0. The molecule has 0 N–H and O–H groups in total. The van der Waals surface area contributed by atoms with Crippen LogP contribution in [0.15, 0.2) is 42.6 Å². The highest BCUT2D eigenvalue weighted by Gasteiger charge is 2.14. The Morgan fingerprint density at radius 1 is 0.955 bits per heavy atom. The number of hydrogen-bond acceptors (Lipinski definition) is 5. The molecular weight excluding hydrogens is 282 g/mol. The van der Waals surface area contributed by atoms with Crippen molar-refractivity contribution in [2.45, 2.75) is 12.8 Å². The second-order valence-electron chi connectivity index (χ2n) is 4.63. The lowest BCUT2D eigenvalue weighted by Gasteiger charge is -2.09. The molecule has 1 aromatic carbocycles. The van der Waals surface area contributed by atoms with Crippen LogP contribution in [0.5, 0.6) is 11.5 Å². The minimum atomic E-state index is -0.144. The molecule has 2 aromatic rings. The molecule has 5 nitrogen and oxygen atoms in total. The van der Waals surface area contributed by atoms with Crippen LogP contribution in [0.25, 0.3) is 0 Å². The monoisotopic (exact) mass is 299 g/mol. The summed E-state index contributed by atoms with van der Waals surface area (Å²) in [5, 5.41) is 0. The van der Waals surface area contributed by atoms with E-state index in [1.807, 2.05) is 0 Å². The van der Waals surface area contributed by atoms with Crippen LogP contribution in [0.1, 0.15) is 33.7 Å². The molecule has 0 unspecified atom stereocenters. The molecule has 0 spiro atoms. The van der Waals surface area contributed by atoms with Gasteiger partial charge in [0.15, 0.2) is 23.1 Å². The lowest BCUT2D eigenvalue weighted by atomic mass is 10.0. The Morgan fingerprint density at radius 2 is 1.68 bits per heavy atom. The van der Waals surface area contributed by atoms with Crippen LogP contribution in [-0.2, 0) is 0 Å². The molecule has 22 heavy (non-hydrogen) atoms. The van der Waals surface area contributed by atoms with Gasteiger partial charge in [0.25, 0.3) is 0 Å². The number of aromatic nitrogens is 1. The minimum absolute atomic E-state index is 0.120. The molecule has 0 aliphatic carbocycles. The van der Waals surface area contributed by atoms with Crippen LogP contribution in [-0.4, -0.2) is 30.8 Å². The van der Waals surface area contributed by atoms with Gasteiger partial charge in [0.1, 0.15) is 5.69 Å². The average molecular weight is 299 g/mol. The van der Waals surface area contributed by atoms with E-state index in [0.29, 0.717) is 22.8 Å².